The molecular formula is C28H25ClN2O6. The van der Waals surface area contributed by atoms with Gasteiger partial charge in [-0.05, 0) is 67.4 Å². The molecule has 3 aromatic rings. The van der Waals surface area contributed by atoms with E-state index in [2.05, 4.69) is 5.32 Å². The first-order chi connectivity index (χ1) is 17.8. The highest BCUT2D eigenvalue weighted by molar-refractivity contribution is 6.39. The number of nitrogens with one attached hydrogen (secondary N) is 1. The fraction of sp³-hybridized carbons (Fsp3) is 0.179. The van der Waals surface area contributed by atoms with Crippen molar-refractivity contribution in [2.24, 2.45) is 0 Å². The molecule has 0 bridgehead atoms. The van der Waals surface area contributed by atoms with Gasteiger partial charge in [-0.3, -0.25) is 14.9 Å². The molecule has 0 aliphatic carbocycles. The quantitative estimate of drug-likeness (QED) is 0.252. The average Bonchev–Trinajstić information content (AvgIpc) is 2.86. The first-order valence-corrected chi connectivity index (χ1v) is 11.8. The fourth-order valence-electron chi connectivity index (χ4n) is 3.72. The SMILES string of the molecule is COc1cc(/C=C2\C(=O)NC(=O)N(c3ccc(C)cc3)C2=O)cc(Cl)c1OCCOc1cccc(C)c1. The average molecular weight is 521 g/mol. The van der Waals surface area contributed by atoms with Crippen molar-refractivity contribution in [3.05, 3.63) is 87.9 Å². The van der Waals surface area contributed by atoms with Crippen LogP contribution in [0.25, 0.3) is 6.08 Å². The van der Waals surface area contributed by atoms with Gasteiger partial charge in [0, 0.05) is 0 Å². The predicted molar refractivity (Wildman–Crippen MR) is 140 cm³/mol. The summed E-state index contributed by atoms with van der Waals surface area (Å²) in [4.78, 5) is 39.0. The highest BCUT2D eigenvalue weighted by Crippen LogP contribution is 2.37. The zero-order valence-electron chi connectivity index (χ0n) is 20.5. The van der Waals surface area contributed by atoms with Gasteiger partial charge in [0.1, 0.15) is 24.5 Å². The van der Waals surface area contributed by atoms with Crippen LogP contribution in [0.2, 0.25) is 5.02 Å². The van der Waals surface area contributed by atoms with Gasteiger partial charge in [0.15, 0.2) is 11.5 Å². The van der Waals surface area contributed by atoms with Crippen LogP contribution in [-0.2, 0) is 9.59 Å². The predicted octanol–water partition coefficient (Wildman–Crippen LogP) is 5.09. The molecule has 190 valence electrons. The van der Waals surface area contributed by atoms with Crippen molar-refractivity contribution in [3.63, 3.8) is 0 Å². The smallest absolute Gasteiger partial charge is 0.335 e. The lowest BCUT2D eigenvalue weighted by Crippen LogP contribution is -2.54. The second-order valence-corrected chi connectivity index (χ2v) is 8.75. The summed E-state index contributed by atoms with van der Waals surface area (Å²) in [6.45, 7) is 4.36. The molecule has 0 aromatic heterocycles. The summed E-state index contributed by atoms with van der Waals surface area (Å²) in [6.07, 6.45) is 1.35. The van der Waals surface area contributed by atoms with Gasteiger partial charge < -0.3 is 14.2 Å². The number of imide groups is 2. The van der Waals surface area contributed by atoms with E-state index in [1.54, 1.807) is 36.4 Å². The van der Waals surface area contributed by atoms with Gasteiger partial charge in [0.25, 0.3) is 11.8 Å². The fourth-order valence-corrected chi connectivity index (χ4v) is 4.00. The topological polar surface area (TPSA) is 94.2 Å². The number of nitrogens with zero attached hydrogens (tertiary/aromatic N) is 1. The highest BCUT2D eigenvalue weighted by Gasteiger charge is 2.36. The van der Waals surface area contributed by atoms with E-state index in [0.717, 1.165) is 21.8 Å². The number of anilines is 1. The Hall–Kier alpha value is -4.30. The Bertz CT molecular complexity index is 1380. The van der Waals surface area contributed by atoms with Crippen molar-refractivity contribution in [1.82, 2.24) is 5.32 Å². The summed E-state index contributed by atoms with van der Waals surface area (Å²) >= 11 is 6.46. The van der Waals surface area contributed by atoms with Crippen LogP contribution >= 0.6 is 11.6 Å². The third-order valence-corrected chi connectivity index (χ3v) is 5.83. The number of aryl methyl sites for hydroxylation is 2. The van der Waals surface area contributed by atoms with Crippen LogP contribution in [0.3, 0.4) is 0 Å². The van der Waals surface area contributed by atoms with Gasteiger partial charge in [-0.25, -0.2) is 9.69 Å². The van der Waals surface area contributed by atoms with Crippen molar-refractivity contribution in [2.75, 3.05) is 25.2 Å². The van der Waals surface area contributed by atoms with E-state index in [-0.39, 0.29) is 23.8 Å². The molecular weight excluding hydrogens is 496 g/mol. The molecule has 1 aliphatic rings. The summed E-state index contributed by atoms with van der Waals surface area (Å²) in [6, 6.07) is 16.8. The monoisotopic (exact) mass is 520 g/mol. The van der Waals surface area contributed by atoms with Gasteiger partial charge in [-0.1, -0.05) is 41.4 Å². The van der Waals surface area contributed by atoms with E-state index in [9.17, 15) is 14.4 Å². The zero-order valence-corrected chi connectivity index (χ0v) is 21.3. The zero-order chi connectivity index (χ0) is 26.5. The highest BCUT2D eigenvalue weighted by atomic mass is 35.5. The Morgan fingerprint density at radius 1 is 0.919 bits per heavy atom. The third kappa shape index (κ3) is 5.92. The largest absolute Gasteiger partial charge is 0.493 e. The molecule has 1 saturated heterocycles. The Labute approximate surface area is 219 Å². The van der Waals surface area contributed by atoms with E-state index >= 15 is 0 Å². The number of hydrogen-bond acceptors (Lipinski definition) is 6. The minimum Gasteiger partial charge on any atom is -0.493 e. The number of carbonyl (C=O) groups excluding carboxylic acids is 3. The minimum atomic E-state index is -0.816. The maximum Gasteiger partial charge on any atom is 0.335 e. The van der Waals surface area contributed by atoms with Crippen molar-refractivity contribution < 1.29 is 28.6 Å². The van der Waals surface area contributed by atoms with Gasteiger partial charge in [0.05, 0.1) is 17.8 Å². The van der Waals surface area contributed by atoms with Crippen LogP contribution in [-0.4, -0.2) is 38.2 Å². The van der Waals surface area contributed by atoms with Crippen molar-refractivity contribution in [1.29, 1.82) is 0 Å². The van der Waals surface area contributed by atoms with E-state index < -0.39 is 17.8 Å². The first-order valence-electron chi connectivity index (χ1n) is 11.4. The summed E-state index contributed by atoms with van der Waals surface area (Å²) in [5.41, 5.74) is 2.59. The molecule has 9 heteroatoms. The molecule has 1 heterocycles. The van der Waals surface area contributed by atoms with Crippen molar-refractivity contribution >= 4 is 41.2 Å². The summed E-state index contributed by atoms with van der Waals surface area (Å²) in [7, 11) is 1.45. The van der Waals surface area contributed by atoms with E-state index in [1.807, 2.05) is 38.1 Å². The van der Waals surface area contributed by atoms with Crippen LogP contribution in [0.1, 0.15) is 16.7 Å². The van der Waals surface area contributed by atoms with Crippen LogP contribution in [0.5, 0.6) is 17.2 Å². The van der Waals surface area contributed by atoms with E-state index in [0.29, 0.717) is 22.7 Å². The molecule has 1 aliphatic heterocycles. The molecule has 3 aromatic carbocycles. The molecule has 8 nitrogen and oxygen atoms in total. The lowest BCUT2D eigenvalue weighted by Gasteiger charge is -2.26. The molecule has 1 fully saturated rings. The molecule has 37 heavy (non-hydrogen) atoms. The van der Waals surface area contributed by atoms with Crippen LogP contribution in [0.4, 0.5) is 10.5 Å². The standard InChI is InChI=1S/C28H25ClN2O6/c1-17-7-9-20(10-8-17)31-27(33)22(26(32)30-28(31)34)14-19-15-23(29)25(24(16-19)35-3)37-12-11-36-21-6-4-5-18(2)13-21/h4-10,13-16H,11-12H2,1-3H3,(H,30,32,34)/b22-14+. The maximum atomic E-state index is 13.1. The van der Waals surface area contributed by atoms with Gasteiger partial charge >= 0.3 is 6.03 Å². The molecule has 4 rings (SSSR count). The number of amides is 4. The van der Waals surface area contributed by atoms with Gasteiger partial charge in [0.2, 0.25) is 0 Å². The molecule has 0 saturated carbocycles. The first kappa shape index (κ1) is 25.8. The lowest BCUT2D eigenvalue weighted by molar-refractivity contribution is -0.122. The van der Waals surface area contributed by atoms with Crippen LogP contribution in [0.15, 0.2) is 66.2 Å². The lowest BCUT2D eigenvalue weighted by atomic mass is 10.1. The Morgan fingerprint density at radius 2 is 1.65 bits per heavy atom. The van der Waals surface area contributed by atoms with Gasteiger partial charge in [-0.15, -0.1) is 0 Å². The summed E-state index contributed by atoms with van der Waals surface area (Å²) in [5.74, 6) is -0.208. The molecule has 1 N–H and O–H groups in total. The van der Waals surface area contributed by atoms with Crippen LogP contribution in [0, 0.1) is 13.8 Å². The number of hydrogen-bond donors (Lipinski definition) is 1. The molecule has 0 atom stereocenters. The number of halogens is 1. The summed E-state index contributed by atoms with van der Waals surface area (Å²) in [5, 5.41) is 2.42. The molecule has 4 amide bonds. The Balaban J connectivity index is 1.53. The number of carbonyl (C=O) groups is 3. The normalized spacial score (nSPS) is 14.5. The molecule has 0 radical (unpaired) electrons. The van der Waals surface area contributed by atoms with Crippen molar-refractivity contribution in [2.45, 2.75) is 13.8 Å². The molecule has 0 unspecified atom stereocenters. The van der Waals surface area contributed by atoms with E-state index in [4.69, 9.17) is 25.8 Å². The number of barbiturate groups is 1. The minimum absolute atomic E-state index is 0.207. The number of urea groups is 1. The summed E-state index contributed by atoms with van der Waals surface area (Å²) < 4.78 is 16.9. The number of rotatable bonds is 8. The third-order valence-electron chi connectivity index (χ3n) is 5.54. The van der Waals surface area contributed by atoms with E-state index in [1.165, 1.54) is 13.2 Å². The number of benzene rings is 3. The second kappa shape index (κ2) is 11.2. The van der Waals surface area contributed by atoms with Gasteiger partial charge in [-0.2, -0.15) is 0 Å². The maximum absolute atomic E-state index is 13.1. The number of methoxy groups -OCH3 is 1. The number of ether oxygens (including phenoxy) is 3. The van der Waals surface area contributed by atoms with Crippen LogP contribution < -0.4 is 24.4 Å². The van der Waals surface area contributed by atoms with Crippen molar-refractivity contribution in [3.8, 4) is 17.2 Å². The Kier molecular flexibility index (Phi) is 7.79. The second-order valence-electron chi connectivity index (χ2n) is 8.34. The molecule has 0 spiro atoms. The Morgan fingerprint density at radius 3 is 2.35 bits per heavy atom.